The maximum atomic E-state index is 12.2. The molecule has 0 fully saturated rings. The van der Waals surface area contributed by atoms with E-state index >= 15 is 0 Å². The van der Waals surface area contributed by atoms with Gasteiger partial charge < -0.3 is 5.32 Å². The number of carbonyl (C=O) groups is 1. The lowest BCUT2D eigenvalue weighted by molar-refractivity contribution is 0.249. The van der Waals surface area contributed by atoms with Crippen molar-refractivity contribution < 1.29 is 4.79 Å². The van der Waals surface area contributed by atoms with Gasteiger partial charge in [-0.25, -0.2) is 9.48 Å². The van der Waals surface area contributed by atoms with Gasteiger partial charge in [0, 0.05) is 18.8 Å². The number of hydrogen-bond donors (Lipinski definition) is 2. The van der Waals surface area contributed by atoms with Crippen LogP contribution in [-0.2, 0) is 13.0 Å². The molecule has 2 N–H and O–H groups in total. The number of hydrogen-bond acceptors (Lipinski definition) is 3. The quantitative estimate of drug-likeness (QED) is 0.725. The number of aromatic nitrogens is 3. The Morgan fingerprint density at radius 3 is 2.64 bits per heavy atom. The zero-order chi connectivity index (χ0) is 17.5. The fourth-order valence-electron chi connectivity index (χ4n) is 2.55. The first-order chi connectivity index (χ1) is 12.2. The second-order valence-corrected chi connectivity index (χ2v) is 5.75. The summed E-state index contributed by atoms with van der Waals surface area (Å²) in [6.45, 7) is 2.59. The molecule has 6 heteroatoms. The Labute approximate surface area is 146 Å². The van der Waals surface area contributed by atoms with Crippen molar-refractivity contribution in [1.82, 2.24) is 20.1 Å². The Kier molecular flexibility index (Phi) is 5.41. The number of rotatable bonds is 6. The van der Waals surface area contributed by atoms with E-state index in [-0.39, 0.29) is 12.1 Å². The van der Waals surface area contributed by atoms with Gasteiger partial charge in [0.1, 0.15) is 5.82 Å². The van der Waals surface area contributed by atoms with Crippen LogP contribution in [0.25, 0.3) is 0 Å². The number of amides is 2. The summed E-state index contributed by atoms with van der Waals surface area (Å²) in [4.78, 5) is 16.5. The second kappa shape index (κ2) is 8.10. The maximum absolute atomic E-state index is 12.2. The molecule has 128 valence electrons. The van der Waals surface area contributed by atoms with Crippen LogP contribution in [0.4, 0.5) is 10.6 Å². The molecule has 2 aromatic heterocycles. The van der Waals surface area contributed by atoms with Crippen LogP contribution in [-0.4, -0.2) is 20.8 Å². The summed E-state index contributed by atoms with van der Waals surface area (Å²) >= 11 is 0. The molecule has 2 amide bonds. The highest BCUT2D eigenvalue weighted by Gasteiger charge is 2.12. The van der Waals surface area contributed by atoms with Gasteiger partial charge in [-0.1, -0.05) is 36.4 Å². The Balaban J connectivity index is 1.56. The van der Waals surface area contributed by atoms with Crippen LogP contribution in [0.15, 0.2) is 67.0 Å². The Bertz CT molecular complexity index is 801. The fourth-order valence-corrected chi connectivity index (χ4v) is 2.55. The van der Waals surface area contributed by atoms with E-state index in [4.69, 9.17) is 0 Å². The lowest BCUT2D eigenvalue weighted by Gasteiger charge is -2.15. The Hall–Kier alpha value is -3.15. The average molecular weight is 335 g/mol. The van der Waals surface area contributed by atoms with Crippen LogP contribution in [0.3, 0.4) is 0 Å². The van der Waals surface area contributed by atoms with E-state index in [0.717, 1.165) is 12.1 Å². The number of carbonyl (C=O) groups excluding carboxylic acids is 1. The first-order valence-electron chi connectivity index (χ1n) is 8.26. The van der Waals surface area contributed by atoms with Crippen molar-refractivity contribution in [1.29, 1.82) is 0 Å². The molecular formula is C19H21N5O. The van der Waals surface area contributed by atoms with Crippen molar-refractivity contribution in [2.45, 2.75) is 25.9 Å². The van der Waals surface area contributed by atoms with E-state index in [0.29, 0.717) is 12.4 Å². The van der Waals surface area contributed by atoms with Gasteiger partial charge in [0.15, 0.2) is 0 Å². The van der Waals surface area contributed by atoms with Crippen molar-refractivity contribution >= 4 is 11.8 Å². The molecular weight excluding hydrogens is 314 g/mol. The zero-order valence-corrected chi connectivity index (χ0v) is 14.1. The molecule has 3 aromatic rings. The van der Waals surface area contributed by atoms with Gasteiger partial charge >= 0.3 is 6.03 Å². The SMILES string of the molecule is C[C@H](NC(=O)Nc1ccnn1CCc1ccccc1)c1ccccn1. The Morgan fingerprint density at radius 2 is 1.88 bits per heavy atom. The molecule has 0 unspecified atom stereocenters. The summed E-state index contributed by atoms with van der Waals surface area (Å²) in [5.41, 5.74) is 2.05. The molecule has 0 aliphatic carbocycles. The Morgan fingerprint density at radius 1 is 1.08 bits per heavy atom. The van der Waals surface area contributed by atoms with Gasteiger partial charge in [-0.05, 0) is 31.0 Å². The summed E-state index contributed by atoms with van der Waals surface area (Å²) in [5, 5.41) is 10.0. The summed E-state index contributed by atoms with van der Waals surface area (Å²) < 4.78 is 1.79. The van der Waals surface area contributed by atoms with E-state index in [1.54, 1.807) is 23.1 Å². The molecule has 1 aromatic carbocycles. The normalized spacial score (nSPS) is 11.7. The maximum Gasteiger partial charge on any atom is 0.320 e. The number of anilines is 1. The molecule has 0 radical (unpaired) electrons. The second-order valence-electron chi connectivity index (χ2n) is 5.75. The van der Waals surface area contributed by atoms with E-state index in [9.17, 15) is 4.79 Å². The van der Waals surface area contributed by atoms with Crippen molar-refractivity contribution in [3.8, 4) is 0 Å². The van der Waals surface area contributed by atoms with Crippen LogP contribution in [0.1, 0.15) is 24.2 Å². The summed E-state index contributed by atoms with van der Waals surface area (Å²) in [7, 11) is 0. The van der Waals surface area contributed by atoms with Crippen LogP contribution in [0.5, 0.6) is 0 Å². The van der Waals surface area contributed by atoms with Crippen LogP contribution in [0.2, 0.25) is 0 Å². The summed E-state index contributed by atoms with van der Waals surface area (Å²) in [6, 6.07) is 17.2. The van der Waals surface area contributed by atoms with Gasteiger partial charge in [0.05, 0.1) is 17.9 Å². The third kappa shape index (κ3) is 4.67. The molecule has 6 nitrogen and oxygen atoms in total. The minimum Gasteiger partial charge on any atom is -0.330 e. The van der Waals surface area contributed by atoms with Crippen LogP contribution >= 0.6 is 0 Å². The van der Waals surface area contributed by atoms with E-state index in [2.05, 4.69) is 32.8 Å². The van der Waals surface area contributed by atoms with E-state index in [1.807, 2.05) is 43.3 Å². The molecule has 0 bridgehead atoms. The number of nitrogens with zero attached hydrogens (tertiary/aromatic N) is 3. The first kappa shape index (κ1) is 16.7. The molecule has 25 heavy (non-hydrogen) atoms. The van der Waals surface area contributed by atoms with E-state index < -0.39 is 0 Å². The smallest absolute Gasteiger partial charge is 0.320 e. The standard InChI is InChI=1S/C19H21N5O/c1-15(17-9-5-6-12-20-17)22-19(25)23-18-10-13-21-24(18)14-11-16-7-3-2-4-8-16/h2-10,12-13,15H,11,14H2,1H3,(H2,22,23,25)/t15-/m0/s1. The predicted octanol–water partition coefficient (Wildman–Crippen LogP) is 3.40. The van der Waals surface area contributed by atoms with Crippen molar-refractivity contribution in [3.63, 3.8) is 0 Å². The molecule has 0 aliphatic heterocycles. The molecule has 0 saturated carbocycles. The first-order valence-corrected chi connectivity index (χ1v) is 8.26. The van der Waals surface area contributed by atoms with Gasteiger partial charge in [-0.2, -0.15) is 5.10 Å². The summed E-state index contributed by atoms with van der Waals surface area (Å²) in [6.07, 6.45) is 4.25. The molecule has 0 aliphatic rings. The molecule has 3 rings (SSSR count). The highest BCUT2D eigenvalue weighted by Crippen LogP contribution is 2.11. The number of nitrogens with one attached hydrogen (secondary N) is 2. The lowest BCUT2D eigenvalue weighted by Crippen LogP contribution is -2.32. The predicted molar refractivity (Wildman–Crippen MR) is 97.2 cm³/mol. The van der Waals surface area contributed by atoms with Crippen molar-refractivity contribution in [2.24, 2.45) is 0 Å². The minimum absolute atomic E-state index is 0.179. The van der Waals surface area contributed by atoms with Crippen LogP contribution < -0.4 is 10.6 Å². The highest BCUT2D eigenvalue weighted by molar-refractivity contribution is 5.88. The third-order valence-electron chi connectivity index (χ3n) is 3.89. The summed E-state index contributed by atoms with van der Waals surface area (Å²) in [5.74, 6) is 0.668. The van der Waals surface area contributed by atoms with Gasteiger partial charge in [-0.15, -0.1) is 0 Å². The third-order valence-corrected chi connectivity index (χ3v) is 3.89. The topological polar surface area (TPSA) is 71.8 Å². The number of pyridine rings is 1. The van der Waals surface area contributed by atoms with Crippen molar-refractivity contribution in [3.05, 3.63) is 78.2 Å². The largest absolute Gasteiger partial charge is 0.330 e. The zero-order valence-electron chi connectivity index (χ0n) is 14.1. The highest BCUT2D eigenvalue weighted by atomic mass is 16.2. The molecule has 1 atom stereocenters. The molecule has 0 saturated heterocycles. The number of urea groups is 1. The number of benzene rings is 1. The lowest BCUT2D eigenvalue weighted by atomic mass is 10.1. The molecule has 0 spiro atoms. The average Bonchev–Trinajstić information content (AvgIpc) is 3.08. The number of aryl methyl sites for hydroxylation is 2. The van der Waals surface area contributed by atoms with Crippen molar-refractivity contribution in [2.75, 3.05) is 5.32 Å². The van der Waals surface area contributed by atoms with Gasteiger partial charge in [0.25, 0.3) is 0 Å². The fraction of sp³-hybridized carbons (Fsp3) is 0.211. The monoisotopic (exact) mass is 335 g/mol. The van der Waals surface area contributed by atoms with Gasteiger partial charge in [0.2, 0.25) is 0 Å². The van der Waals surface area contributed by atoms with Gasteiger partial charge in [-0.3, -0.25) is 10.3 Å². The van der Waals surface area contributed by atoms with Crippen LogP contribution in [0, 0.1) is 0 Å². The molecule has 2 heterocycles. The minimum atomic E-state index is -0.278. The van der Waals surface area contributed by atoms with E-state index in [1.165, 1.54) is 5.56 Å².